The number of hydrogen-bond acceptors (Lipinski definition) is 3. The lowest BCUT2D eigenvalue weighted by Gasteiger charge is -2.59. The highest BCUT2D eigenvalue weighted by molar-refractivity contribution is 6.06. The molecule has 0 bridgehead atoms. The number of aliphatic hydroxyl groups is 1. The molecule has 0 amide bonds. The van der Waals surface area contributed by atoms with Crippen LogP contribution in [-0.2, 0) is 11.8 Å². The van der Waals surface area contributed by atoms with Crippen molar-refractivity contribution in [1.82, 2.24) is 9.78 Å². The van der Waals surface area contributed by atoms with Crippen molar-refractivity contribution in [2.24, 2.45) is 41.5 Å². The van der Waals surface area contributed by atoms with Gasteiger partial charge in [-0.05, 0) is 106 Å². The first-order valence-electron chi connectivity index (χ1n) is 12.1. The lowest BCUT2D eigenvalue weighted by molar-refractivity contribution is -0.141. The molecule has 0 aliphatic heterocycles. The lowest BCUT2D eigenvalue weighted by Crippen LogP contribution is -2.54. The molecule has 7 atom stereocenters. The lowest BCUT2D eigenvalue weighted by atomic mass is 9.45. The molecule has 1 heterocycles. The third kappa shape index (κ3) is 2.75. The van der Waals surface area contributed by atoms with E-state index in [1.165, 1.54) is 19.3 Å². The van der Waals surface area contributed by atoms with Crippen LogP contribution in [0.5, 0.6) is 0 Å². The Balaban J connectivity index is 1.47. The Morgan fingerprint density at radius 2 is 1.87 bits per heavy atom. The van der Waals surface area contributed by atoms with Crippen molar-refractivity contribution < 1.29 is 9.90 Å². The van der Waals surface area contributed by atoms with Gasteiger partial charge in [-0.3, -0.25) is 9.48 Å². The van der Waals surface area contributed by atoms with Gasteiger partial charge >= 0.3 is 0 Å². The van der Waals surface area contributed by atoms with Crippen LogP contribution < -0.4 is 0 Å². The van der Waals surface area contributed by atoms with Gasteiger partial charge in [0.2, 0.25) is 0 Å². The predicted molar refractivity (Wildman–Crippen MR) is 119 cm³/mol. The average molecular weight is 411 g/mol. The Hall–Kier alpha value is -1.42. The highest BCUT2D eigenvalue weighted by Crippen LogP contribution is 2.66. The number of aryl methyl sites for hydroxylation is 2. The van der Waals surface area contributed by atoms with Crippen LogP contribution in [0.4, 0.5) is 0 Å². The maximum absolute atomic E-state index is 13.6. The number of nitrogens with zero attached hydrogens (tertiary/aromatic N) is 2. The van der Waals surface area contributed by atoms with E-state index in [0.29, 0.717) is 29.0 Å². The molecule has 4 nitrogen and oxygen atoms in total. The number of aromatic nitrogens is 2. The summed E-state index contributed by atoms with van der Waals surface area (Å²) in [5.74, 6) is 2.93. The van der Waals surface area contributed by atoms with Gasteiger partial charge in [0.1, 0.15) is 0 Å². The summed E-state index contributed by atoms with van der Waals surface area (Å²) in [6.45, 7) is 8.91. The minimum absolute atomic E-state index is 0.0953. The van der Waals surface area contributed by atoms with E-state index < -0.39 is 0 Å². The van der Waals surface area contributed by atoms with E-state index in [9.17, 15) is 9.90 Å². The number of hydrogen-bond donors (Lipinski definition) is 1. The van der Waals surface area contributed by atoms with Gasteiger partial charge in [-0.2, -0.15) is 5.10 Å². The van der Waals surface area contributed by atoms with Gasteiger partial charge in [0, 0.05) is 23.7 Å². The summed E-state index contributed by atoms with van der Waals surface area (Å²) < 4.78 is 1.92. The zero-order valence-corrected chi connectivity index (χ0v) is 19.4. The number of ketones is 1. The molecule has 4 fully saturated rings. The zero-order valence-electron chi connectivity index (χ0n) is 19.4. The van der Waals surface area contributed by atoms with Crippen LogP contribution >= 0.6 is 0 Å². The van der Waals surface area contributed by atoms with Crippen molar-refractivity contribution in [2.45, 2.75) is 85.2 Å². The number of allylic oxidation sites excluding steroid dienone is 1. The van der Waals surface area contributed by atoms with Crippen molar-refractivity contribution >= 4 is 11.9 Å². The van der Waals surface area contributed by atoms with Gasteiger partial charge in [0.25, 0.3) is 0 Å². The molecule has 0 saturated heterocycles. The Morgan fingerprint density at radius 1 is 1.10 bits per heavy atom. The maximum atomic E-state index is 13.6. The molecule has 4 heteroatoms. The number of carbonyl (C=O) groups excluding carboxylic acids is 1. The molecule has 1 N–H and O–H groups in total. The topological polar surface area (TPSA) is 55.1 Å². The van der Waals surface area contributed by atoms with E-state index in [-0.39, 0.29) is 11.5 Å². The van der Waals surface area contributed by atoms with E-state index in [1.54, 1.807) is 0 Å². The summed E-state index contributed by atoms with van der Waals surface area (Å²) in [6.07, 6.45) is 10.8. The summed E-state index contributed by atoms with van der Waals surface area (Å²) in [5, 5.41) is 14.8. The quantitative estimate of drug-likeness (QED) is 0.663. The third-order valence-electron chi connectivity index (χ3n) is 10.2. The van der Waals surface area contributed by atoms with Crippen molar-refractivity contribution in [3.63, 3.8) is 0 Å². The summed E-state index contributed by atoms with van der Waals surface area (Å²) in [7, 11) is 1.98. The standard InChI is InChI=1S/C26H38N2O2/c1-15-21(16(2)28(5)27-15)12-17-13-23-20-7-6-18-14-19(29)8-10-25(18,3)22(20)9-11-26(23,4)24(17)30/h12,18-20,22-23,29H,6-11,13-14H2,1-5H3/b17-12-/t18-,19-,20-,22-,23+,25+,26+/m1/s1. The molecule has 5 rings (SSSR count). The molecule has 0 spiro atoms. The van der Waals surface area contributed by atoms with Crippen molar-refractivity contribution in [3.8, 4) is 0 Å². The van der Waals surface area contributed by atoms with Crippen LogP contribution in [0.2, 0.25) is 0 Å². The van der Waals surface area contributed by atoms with Crippen LogP contribution in [0.25, 0.3) is 6.08 Å². The molecule has 1 aromatic rings. The summed E-state index contributed by atoms with van der Waals surface area (Å²) in [4.78, 5) is 13.6. The largest absolute Gasteiger partial charge is 0.393 e. The van der Waals surface area contributed by atoms with E-state index in [1.807, 2.05) is 18.7 Å². The fourth-order valence-corrected chi connectivity index (χ4v) is 8.21. The van der Waals surface area contributed by atoms with Gasteiger partial charge in [-0.15, -0.1) is 0 Å². The first-order valence-corrected chi connectivity index (χ1v) is 12.1. The Kier molecular flexibility index (Phi) is 4.63. The predicted octanol–water partition coefficient (Wildman–Crippen LogP) is 5.00. The van der Waals surface area contributed by atoms with Crippen LogP contribution in [-0.4, -0.2) is 26.8 Å². The molecule has 4 aliphatic carbocycles. The highest BCUT2D eigenvalue weighted by Gasteiger charge is 2.61. The Labute approximate surface area is 181 Å². The molecule has 4 saturated carbocycles. The summed E-state index contributed by atoms with van der Waals surface area (Å²) >= 11 is 0. The number of rotatable bonds is 1. The minimum Gasteiger partial charge on any atom is -0.393 e. The van der Waals surface area contributed by atoms with E-state index in [4.69, 9.17) is 0 Å². The molecular weight excluding hydrogens is 372 g/mol. The fourth-order valence-electron chi connectivity index (χ4n) is 8.21. The number of aliphatic hydroxyl groups excluding tert-OH is 1. The minimum atomic E-state index is -0.186. The number of Topliss-reactive ketones (excluding diaryl/α,β-unsaturated/α-hetero) is 1. The number of carbonyl (C=O) groups is 1. The SMILES string of the molecule is Cc1nn(C)c(C)c1/C=C1/C[C@H]2[C@@H]3CC[C@@H]4C[C@H](O)CC[C@]4(C)[C@@H]3CC[C@]2(C)C1=O. The van der Waals surface area contributed by atoms with Gasteiger partial charge in [-0.25, -0.2) is 0 Å². The van der Waals surface area contributed by atoms with E-state index >= 15 is 0 Å². The third-order valence-corrected chi connectivity index (χ3v) is 10.2. The molecule has 0 unspecified atom stereocenters. The smallest absolute Gasteiger partial charge is 0.165 e. The average Bonchev–Trinajstić information content (AvgIpc) is 3.10. The second kappa shape index (κ2) is 6.79. The number of fused-ring (bicyclic) bond motifs is 5. The van der Waals surface area contributed by atoms with Gasteiger partial charge in [-0.1, -0.05) is 13.8 Å². The summed E-state index contributed by atoms with van der Waals surface area (Å²) in [5.41, 5.74) is 4.50. The fraction of sp³-hybridized carbons (Fsp3) is 0.769. The van der Waals surface area contributed by atoms with Crippen LogP contribution in [0, 0.1) is 48.3 Å². The molecule has 0 radical (unpaired) electrons. The van der Waals surface area contributed by atoms with Gasteiger partial charge in [0.05, 0.1) is 11.8 Å². The zero-order chi connectivity index (χ0) is 21.4. The monoisotopic (exact) mass is 410 g/mol. The molecule has 0 aromatic carbocycles. The molecular formula is C26H38N2O2. The molecule has 164 valence electrons. The van der Waals surface area contributed by atoms with Gasteiger partial charge < -0.3 is 5.11 Å². The van der Waals surface area contributed by atoms with Crippen molar-refractivity contribution in [2.75, 3.05) is 0 Å². The first-order chi connectivity index (χ1) is 14.1. The van der Waals surface area contributed by atoms with Crippen LogP contribution in [0.1, 0.15) is 82.2 Å². The second-order valence-corrected chi connectivity index (χ2v) is 11.5. The van der Waals surface area contributed by atoms with Crippen LogP contribution in [0.15, 0.2) is 5.57 Å². The second-order valence-electron chi connectivity index (χ2n) is 11.5. The van der Waals surface area contributed by atoms with Crippen LogP contribution in [0.3, 0.4) is 0 Å². The normalized spacial score (nSPS) is 44.7. The van der Waals surface area contributed by atoms with E-state index in [2.05, 4.69) is 31.9 Å². The molecule has 4 aliphatic rings. The molecule has 1 aromatic heterocycles. The van der Waals surface area contributed by atoms with Crippen molar-refractivity contribution in [1.29, 1.82) is 0 Å². The highest BCUT2D eigenvalue weighted by atomic mass is 16.3. The van der Waals surface area contributed by atoms with E-state index in [0.717, 1.165) is 60.5 Å². The first kappa shape index (κ1) is 20.5. The Morgan fingerprint density at radius 3 is 2.57 bits per heavy atom. The van der Waals surface area contributed by atoms with Gasteiger partial charge in [0.15, 0.2) is 5.78 Å². The summed E-state index contributed by atoms with van der Waals surface area (Å²) in [6, 6.07) is 0. The maximum Gasteiger partial charge on any atom is 0.165 e. The van der Waals surface area contributed by atoms with Crippen molar-refractivity contribution in [3.05, 3.63) is 22.5 Å². The molecule has 30 heavy (non-hydrogen) atoms. The Bertz CT molecular complexity index is 914.